The molecule has 0 N–H and O–H groups in total. The van der Waals surface area contributed by atoms with Gasteiger partial charge in [0.15, 0.2) is 0 Å². The van der Waals surface area contributed by atoms with Crippen molar-refractivity contribution in [2.75, 3.05) is 37.3 Å². The first-order chi connectivity index (χ1) is 9.18. The Hall–Kier alpha value is -1.14. The molecule has 0 bridgehead atoms. The molecule has 1 aromatic rings. The summed E-state index contributed by atoms with van der Waals surface area (Å²) in [5.74, 6) is 0.936. The number of hydrogen-bond donors (Lipinski definition) is 0. The zero-order chi connectivity index (χ0) is 15.0. The van der Waals surface area contributed by atoms with Crippen molar-refractivity contribution >= 4 is 15.8 Å². The van der Waals surface area contributed by atoms with E-state index < -0.39 is 10.0 Å². The lowest BCUT2D eigenvalue weighted by Gasteiger charge is -2.34. The maximum absolute atomic E-state index is 11.5. The number of pyridine rings is 1. The molecule has 1 aliphatic rings. The Labute approximate surface area is 121 Å². The molecule has 0 aromatic carbocycles. The van der Waals surface area contributed by atoms with E-state index in [0.717, 1.165) is 5.82 Å². The van der Waals surface area contributed by atoms with Gasteiger partial charge >= 0.3 is 0 Å². The van der Waals surface area contributed by atoms with E-state index in [1.165, 1.54) is 16.1 Å². The van der Waals surface area contributed by atoms with E-state index in [1.807, 2.05) is 12.3 Å². The van der Waals surface area contributed by atoms with E-state index in [9.17, 15) is 8.42 Å². The third-order valence-electron chi connectivity index (χ3n) is 3.64. The van der Waals surface area contributed by atoms with Crippen LogP contribution in [-0.4, -0.2) is 50.1 Å². The smallest absolute Gasteiger partial charge is 0.211 e. The molecule has 20 heavy (non-hydrogen) atoms. The summed E-state index contributed by atoms with van der Waals surface area (Å²) in [6, 6.07) is 4.15. The van der Waals surface area contributed by atoms with Crippen LogP contribution in [-0.2, 0) is 15.4 Å². The molecular weight excluding hydrogens is 274 g/mol. The molecule has 0 atom stereocenters. The van der Waals surface area contributed by atoms with Gasteiger partial charge in [0.2, 0.25) is 10.0 Å². The molecule has 6 heteroatoms. The molecule has 0 radical (unpaired) electrons. The summed E-state index contributed by atoms with van der Waals surface area (Å²) in [5, 5.41) is 0. The van der Waals surface area contributed by atoms with Crippen LogP contribution in [0.25, 0.3) is 0 Å². The van der Waals surface area contributed by atoms with Crippen molar-refractivity contribution in [1.82, 2.24) is 9.29 Å². The lowest BCUT2D eigenvalue weighted by molar-refractivity contribution is 0.387. The van der Waals surface area contributed by atoms with Gasteiger partial charge in [-0.1, -0.05) is 20.8 Å². The van der Waals surface area contributed by atoms with Crippen LogP contribution in [0.15, 0.2) is 18.3 Å². The number of hydrogen-bond acceptors (Lipinski definition) is 4. The molecule has 0 spiro atoms. The highest BCUT2D eigenvalue weighted by Crippen LogP contribution is 2.25. The number of rotatable bonds is 2. The van der Waals surface area contributed by atoms with Crippen molar-refractivity contribution in [2.24, 2.45) is 0 Å². The Morgan fingerprint density at radius 3 is 2.25 bits per heavy atom. The van der Waals surface area contributed by atoms with E-state index in [2.05, 4.69) is 36.7 Å². The van der Waals surface area contributed by atoms with Gasteiger partial charge in [-0.2, -0.15) is 4.31 Å². The van der Waals surface area contributed by atoms with Gasteiger partial charge in [0.25, 0.3) is 0 Å². The van der Waals surface area contributed by atoms with Crippen molar-refractivity contribution in [3.63, 3.8) is 0 Å². The molecule has 1 fully saturated rings. The Morgan fingerprint density at radius 2 is 1.75 bits per heavy atom. The van der Waals surface area contributed by atoms with Gasteiger partial charge in [0.1, 0.15) is 5.82 Å². The van der Waals surface area contributed by atoms with E-state index in [-0.39, 0.29) is 5.41 Å². The second-order valence-electron chi connectivity index (χ2n) is 6.30. The summed E-state index contributed by atoms with van der Waals surface area (Å²) in [5.41, 5.74) is 1.33. The molecule has 112 valence electrons. The van der Waals surface area contributed by atoms with Gasteiger partial charge < -0.3 is 4.90 Å². The largest absolute Gasteiger partial charge is 0.354 e. The Kier molecular flexibility index (Phi) is 4.07. The molecule has 1 aliphatic heterocycles. The standard InChI is InChI=1S/C14H23N3O2S/c1-14(2,3)12-5-6-15-13(11-12)16-7-9-17(10-8-16)20(4,18)19/h5-6,11H,7-10H2,1-4H3. The van der Waals surface area contributed by atoms with Crippen LogP contribution in [0.3, 0.4) is 0 Å². The van der Waals surface area contributed by atoms with Crippen LogP contribution in [0.4, 0.5) is 5.82 Å². The van der Waals surface area contributed by atoms with Gasteiger partial charge in [0, 0.05) is 32.4 Å². The zero-order valence-corrected chi connectivity index (χ0v) is 13.4. The lowest BCUT2D eigenvalue weighted by Crippen LogP contribution is -2.48. The highest BCUT2D eigenvalue weighted by atomic mass is 32.2. The Balaban J connectivity index is 2.12. The van der Waals surface area contributed by atoms with Gasteiger partial charge in [-0.25, -0.2) is 13.4 Å². The Morgan fingerprint density at radius 1 is 1.15 bits per heavy atom. The molecule has 5 nitrogen and oxygen atoms in total. The van der Waals surface area contributed by atoms with Crippen LogP contribution < -0.4 is 4.90 Å². The fourth-order valence-corrected chi connectivity index (χ4v) is 3.13. The minimum Gasteiger partial charge on any atom is -0.354 e. The minimum atomic E-state index is -3.08. The summed E-state index contributed by atoms with van der Waals surface area (Å²) < 4.78 is 24.5. The van der Waals surface area contributed by atoms with Crippen molar-refractivity contribution in [3.8, 4) is 0 Å². The molecule has 0 amide bonds. The zero-order valence-electron chi connectivity index (χ0n) is 12.6. The highest BCUT2D eigenvalue weighted by molar-refractivity contribution is 7.88. The highest BCUT2D eigenvalue weighted by Gasteiger charge is 2.24. The van der Waals surface area contributed by atoms with Gasteiger partial charge in [-0.15, -0.1) is 0 Å². The Bertz CT molecular complexity index is 570. The first kappa shape index (κ1) is 15.3. The molecule has 0 aliphatic carbocycles. The monoisotopic (exact) mass is 297 g/mol. The van der Waals surface area contributed by atoms with Crippen LogP contribution >= 0.6 is 0 Å². The third-order valence-corrected chi connectivity index (χ3v) is 4.95. The predicted molar refractivity (Wildman–Crippen MR) is 81.6 cm³/mol. The summed E-state index contributed by atoms with van der Waals surface area (Å²) >= 11 is 0. The van der Waals surface area contributed by atoms with Gasteiger partial charge in [0.05, 0.1) is 6.26 Å². The van der Waals surface area contributed by atoms with Crippen LogP contribution in [0, 0.1) is 0 Å². The van der Waals surface area contributed by atoms with E-state index in [4.69, 9.17) is 0 Å². The topological polar surface area (TPSA) is 53.5 Å². The molecule has 1 saturated heterocycles. The van der Waals surface area contributed by atoms with E-state index in [0.29, 0.717) is 26.2 Å². The van der Waals surface area contributed by atoms with Crippen molar-refractivity contribution in [2.45, 2.75) is 26.2 Å². The predicted octanol–water partition coefficient (Wildman–Crippen LogP) is 1.46. The number of piperazine rings is 1. The summed E-state index contributed by atoms with van der Waals surface area (Å²) in [6.45, 7) is 8.96. The van der Waals surface area contributed by atoms with Crippen molar-refractivity contribution in [3.05, 3.63) is 23.9 Å². The number of anilines is 1. The van der Waals surface area contributed by atoms with Crippen LogP contribution in [0.5, 0.6) is 0 Å². The summed E-state index contributed by atoms with van der Waals surface area (Å²) in [4.78, 5) is 6.57. The number of aromatic nitrogens is 1. The third kappa shape index (κ3) is 3.49. The molecule has 2 heterocycles. The minimum absolute atomic E-state index is 0.0896. The summed E-state index contributed by atoms with van der Waals surface area (Å²) in [7, 11) is -3.08. The van der Waals surface area contributed by atoms with E-state index in [1.54, 1.807) is 0 Å². The van der Waals surface area contributed by atoms with E-state index >= 15 is 0 Å². The summed E-state index contributed by atoms with van der Waals surface area (Å²) in [6.07, 6.45) is 3.10. The van der Waals surface area contributed by atoms with Crippen molar-refractivity contribution in [1.29, 1.82) is 0 Å². The fraction of sp³-hybridized carbons (Fsp3) is 0.643. The normalized spacial score (nSPS) is 18.3. The first-order valence-corrected chi connectivity index (χ1v) is 8.69. The molecule has 0 saturated carbocycles. The molecule has 1 aromatic heterocycles. The van der Waals surface area contributed by atoms with Crippen LogP contribution in [0.2, 0.25) is 0 Å². The fourth-order valence-electron chi connectivity index (χ4n) is 2.31. The first-order valence-electron chi connectivity index (χ1n) is 6.84. The second kappa shape index (κ2) is 5.33. The molecular formula is C14H23N3O2S. The average molecular weight is 297 g/mol. The lowest BCUT2D eigenvalue weighted by atomic mass is 9.88. The second-order valence-corrected chi connectivity index (χ2v) is 8.28. The quantitative estimate of drug-likeness (QED) is 0.829. The molecule has 2 rings (SSSR count). The maximum Gasteiger partial charge on any atom is 0.211 e. The maximum atomic E-state index is 11.5. The van der Waals surface area contributed by atoms with Gasteiger partial charge in [-0.3, -0.25) is 0 Å². The SMILES string of the molecule is CC(C)(C)c1ccnc(N2CCN(S(C)(=O)=O)CC2)c1. The number of sulfonamides is 1. The van der Waals surface area contributed by atoms with Crippen LogP contribution in [0.1, 0.15) is 26.3 Å². The van der Waals surface area contributed by atoms with Gasteiger partial charge in [-0.05, 0) is 23.1 Å². The average Bonchev–Trinajstić information content (AvgIpc) is 2.37. The number of nitrogens with zero attached hydrogens (tertiary/aromatic N) is 3. The van der Waals surface area contributed by atoms with Crippen molar-refractivity contribution < 1.29 is 8.42 Å². The molecule has 0 unspecified atom stereocenters.